The van der Waals surface area contributed by atoms with Crippen LogP contribution in [0.15, 0.2) is 38.9 Å². The van der Waals surface area contributed by atoms with Crippen molar-refractivity contribution in [3.8, 4) is 11.5 Å². The van der Waals surface area contributed by atoms with Crippen molar-refractivity contribution in [2.45, 2.75) is 27.7 Å². The number of carbonyl (C=O) groups is 2. The van der Waals surface area contributed by atoms with Crippen molar-refractivity contribution in [1.29, 1.82) is 0 Å². The molecule has 1 aliphatic rings. The van der Waals surface area contributed by atoms with Crippen molar-refractivity contribution in [2.75, 3.05) is 13.4 Å². The van der Waals surface area contributed by atoms with Gasteiger partial charge in [0.2, 0.25) is 11.8 Å². The number of thioether (sulfide) groups is 1. The van der Waals surface area contributed by atoms with Crippen molar-refractivity contribution < 1.29 is 27.9 Å². The van der Waals surface area contributed by atoms with Crippen LogP contribution in [0.4, 0.5) is 0 Å². The molecule has 0 aliphatic carbocycles. The van der Waals surface area contributed by atoms with Crippen molar-refractivity contribution in [1.82, 2.24) is 4.90 Å². The van der Waals surface area contributed by atoms with E-state index < -0.39 is 9.84 Å². The van der Waals surface area contributed by atoms with E-state index in [2.05, 4.69) is 0 Å². The molecule has 1 aliphatic heterocycles. The van der Waals surface area contributed by atoms with Gasteiger partial charge in [0.1, 0.15) is 4.21 Å². The highest BCUT2D eigenvalue weighted by atomic mass is 32.2. The summed E-state index contributed by atoms with van der Waals surface area (Å²) in [5.41, 5.74) is 0.750. The number of hydrogen-bond donors (Lipinski definition) is 1. The maximum atomic E-state index is 12.8. The fourth-order valence-corrected chi connectivity index (χ4v) is 6.30. The average Bonchev–Trinajstić information content (AvgIpc) is 3.33. The lowest BCUT2D eigenvalue weighted by Gasteiger charge is -2.16. The van der Waals surface area contributed by atoms with Crippen LogP contribution >= 0.6 is 23.1 Å². The van der Waals surface area contributed by atoms with Gasteiger partial charge in [-0.15, -0.1) is 23.1 Å². The van der Waals surface area contributed by atoms with Gasteiger partial charge in [-0.05, 0) is 35.4 Å². The summed E-state index contributed by atoms with van der Waals surface area (Å²) in [6.07, 6.45) is 4.79. The highest BCUT2D eigenvalue weighted by Gasteiger charge is 2.27. The van der Waals surface area contributed by atoms with Crippen LogP contribution in [-0.2, 0) is 25.2 Å². The van der Waals surface area contributed by atoms with E-state index in [1.807, 2.05) is 0 Å². The van der Waals surface area contributed by atoms with Crippen molar-refractivity contribution in [3.63, 3.8) is 0 Å². The number of hydrogen-bond acceptors (Lipinski definition) is 8. The van der Waals surface area contributed by atoms with Crippen molar-refractivity contribution in [3.05, 3.63) is 40.9 Å². The number of imide groups is 1. The first-order valence-corrected chi connectivity index (χ1v) is 12.3. The molecule has 2 aromatic rings. The lowest BCUT2D eigenvalue weighted by atomic mass is 10.1. The second kappa shape index (κ2) is 8.60. The fraction of sp³-hybridized carbons (Fsp3) is 0.263. The molecule has 1 aromatic heterocycles. The van der Waals surface area contributed by atoms with Gasteiger partial charge >= 0.3 is 0 Å². The van der Waals surface area contributed by atoms with Gasteiger partial charge in [0, 0.05) is 29.5 Å². The van der Waals surface area contributed by atoms with E-state index in [4.69, 9.17) is 4.74 Å². The van der Waals surface area contributed by atoms with Gasteiger partial charge in [0.15, 0.2) is 21.3 Å². The van der Waals surface area contributed by atoms with Gasteiger partial charge in [-0.2, -0.15) is 0 Å². The topological polar surface area (TPSA) is 101 Å². The molecule has 1 saturated heterocycles. The Balaban J connectivity index is 2.07. The molecular formula is C19H19NO6S3. The summed E-state index contributed by atoms with van der Waals surface area (Å²) >= 11 is 2.40. The molecule has 1 fully saturated rings. The number of methoxy groups -OCH3 is 1. The average molecular weight is 454 g/mol. The van der Waals surface area contributed by atoms with Crippen molar-refractivity contribution in [2.24, 2.45) is 0 Å². The third-order valence-corrected chi connectivity index (χ3v) is 8.42. The minimum Gasteiger partial charge on any atom is -0.504 e. The molecule has 0 atom stereocenters. The number of sulfone groups is 1. The zero-order valence-electron chi connectivity index (χ0n) is 15.7. The zero-order chi connectivity index (χ0) is 21.2. The zero-order valence-corrected chi connectivity index (χ0v) is 18.2. The van der Waals surface area contributed by atoms with Gasteiger partial charge in [-0.25, -0.2) is 8.42 Å². The standard InChI is InChI=1S/C19H19NO6S3/c1-26-14-10-12(11-29(24,25)17-4-3-9-28-17)19(27-2)13(18(14)23)7-8-20-15(21)5-6-16(20)22/h3-4,7-10,23H,5-6,11H2,1-2H3/b8-7+. The Bertz CT molecular complexity index is 1060. The molecule has 2 heterocycles. The first-order valence-electron chi connectivity index (χ1n) is 8.54. The van der Waals surface area contributed by atoms with Crippen LogP contribution in [-0.4, -0.2) is 43.6 Å². The molecule has 10 heteroatoms. The molecule has 0 bridgehead atoms. The van der Waals surface area contributed by atoms with E-state index in [-0.39, 0.29) is 46.1 Å². The Morgan fingerprint density at radius 2 is 2.00 bits per heavy atom. The second-order valence-corrected chi connectivity index (χ2v) is 10.2. The molecule has 154 valence electrons. The summed E-state index contributed by atoms with van der Waals surface area (Å²) in [5, 5.41) is 12.3. The highest BCUT2D eigenvalue weighted by Crippen LogP contribution is 2.41. The number of likely N-dealkylation sites (tertiary alicyclic amines) is 1. The minimum absolute atomic E-state index is 0.109. The Kier molecular flexibility index (Phi) is 6.35. The maximum absolute atomic E-state index is 12.8. The fourth-order valence-electron chi connectivity index (χ4n) is 2.99. The van der Waals surface area contributed by atoms with Crippen LogP contribution < -0.4 is 4.74 Å². The third-order valence-electron chi connectivity index (χ3n) is 4.38. The third kappa shape index (κ3) is 4.34. The SMILES string of the molecule is COc1cc(CS(=O)(=O)c2cccs2)c(SC)c(/C=C/N2C(=O)CCC2=O)c1O. The smallest absolute Gasteiger partial charge is 0.233 e. The number of phenolic OH excluding ortho intramolecular Hbond substituents is 1. The van der Waals surface area contributed by atoms with E-state index in [9.17, 15) is 23.1 Å². The van der Waals surface area contributed by atoms with E-state index in [1.165, 1.54) is 37.2 Å². The predicted molar refractivity (Wildman–Crippen MR) is 112 cm³/mol. The summed E-state index contributed by atoms with van der Waals surface area (Å²) in [5.74, 6) is -0.995. The Labute approximate surface area is 176 Å². The number of aromatic hydroxyl groups is 1. The molecule has 29 heavy (non-hydrogen) atoms. The molecule has 7 nitrogen and oxygen atoms in total. The monoisotopic (exact) mass is 453 g/mol. The largest absolute Gasteiger partial charge is 0.504 e. The van der Waals surface area contributed by atoms with Crippen LogP contribution in [0.2, 0.25) is 0 Å². The minimum atomic E-state index is -3.58. The number of carbonyl (C=O) groups excluding carboxylic acids is 2. The van der Waals surface area contributed by atoms with Crippen molar-refractivity contribution >= 4 is 50.8 Å². The normalized spacial score (nSPS) is 14.9. The summed E-state index contributed by atoms with van der Waals surface area (Å²) in [7, 11) is -2.21. The number of rotatable bonds is 7. The van der Waals surface area contributed by atoms with Crippen LogP contribution in [0.5, 0.6) is 11.5 Å². The number of benzene rings is 1. The van der Waals surface area contributed by atoms with Gasteiger partial charge in [0.25, 0.3) is 0 Å². The molecule has 3 rings (SSSR count). The van der Waals surface area contributed by atoms with Crippen LogP contribution in [0.1, 0.15) is 24.0 Å². The van der Waals surface area contributed by atoms with E-state index >= 15 is 0 Å². The number of amides is 2. The lowest BCUT2D eigenvalue weighted by molar-refractivity contribution is -0.135. The second-order valence-electron chi connectivity index (χ2n) is 6.20. The molecule has 0 radical (unpaired) electrons. The Morgan fingerprint density at radius 3 is 2.55 bits per heavy atom. The molecule has 1 N–H and O–H groups in total. The van der Waals surface area contributed by atoms with E-state index in [1.54, 1.807) is 23.8 Å². The lowest BCUT2D eigenvalue weighted by Crippen LogP contribution is -2.22. The maximum Gasteiger partial charge on any atom is 0.233 e. The summed E-state index contributed by atoms with van der Waals surface area (Å²) in [4.78, 5) is 25.2. The molecule has 1 aromatic carbocycles. The number of thiophene rings is 1. The van der Waals surface area contributed by atoms with Gasteiger partial charge in [-0.1, -0.05) is 6.07 Å². The summed E-state index contributed by atoms with van der Waals surface area (Å²) < 4.78 is 31.0. The Morgan fingerprint density at radius 1 is 1.31 bits per heavy atom. The molecule has 0 spiro atoms. The highest BCUT2D eigenvalue weighted by molar-refractivity contribution is 7.98. The first kappa shape index (κ1) is 21.4. The van der Waals surface area contributed by atoms with Crippen LogP contribution in [0.25, 0.3) is 6.08 Å². The predicted octanol–water partition coefficient (Wildman–Crippen LogP) is 3.28. The quantitative estimate of drug-likeness (QED) is 0.507. The first-order chi connectivity index (χ1) is 13.8. The molecular weight excluding hydrogens is 434 g/mol. The Hall–Kier alpha value is -2.30. The number of ether oxygens (including phenoxy) is 1. The summed E-state index contributed by atoms with van der Waals surface area (Å²) in [6, 6.07) is 4.71. The van der Waals surface area contributed by atoms with Gasteiger partial charge in [-0.3, -0.25) is 14.5 Å². The molecule has 0 unspecified atom stereocenters. The van der Waals surface area contributed by atoms with Gasteiger partial charge in [0.05, 0.1) is 12.9 Å². The molecule has 2 amide bonds. The van der Waals surface area contributed by atoms with Crippen LogP contribution in [0.3, 0.4) is 0 Å². The molecule has 0 saturated carbocycles. The van der Waals surface area contributed by atoms with E-state index in [0.717, 1.165) is 16.2 Å². The van der Waals surface area contributed by atoms with Crippen LogP contribution in [0, 0.1) is 0 Å². The number of nitrogens with zero attached hydrogens (tertiary/aromatic N) is 1. The van der Waals surface area contributed by atoms with E-state index in [0.29, 0.717) is 16.0 Å². The van der Waals surface area contributed by atoms with Gasteiger partial charge < -0.3 is 9.84 Å². The summed E-state index contributed by atoms with van der Waals surface area (Å²) in [6.45, 7) is 0. The number of phenols is 1.